The molecule has 0 atom stereocenters. The van der Waals surface area contributed by atoms with Crippen LogP contribution in [0.15, 0.2) is 70.7 Å². The van der Waals surface area contributed by atoms with E-state index in [1.807, 2.05) is 37.3 Å². The number of hydrogen-bond donors (Lipinski definition) is 1. The van der Waals surface area contributed by atoms with Crippen LogP contribution in [0.4, 0.5) is 5.69 Å². The Morgan fingerprint density at radius 1 is 1.04 bits per heavy atom. The molecule has 0 radical (unpaired) electrons. The first-order valence-corrected chi connectivity index (χ1v) is 8.69. The molecule has 6 heteroatoms. The summed E-state index contributed by atoms with van der Waals surface area (Å²) in [6.45, 7) is 1.86. The maximum atomic E-state index is 12.7. The molecule has 0 aliphatic carbocycles. The highest BCUT2D eigenvalue weighted by Crippen LogP contribution is 2.27. The van der Waals surface area contributed by atoms with Gasteiger partial charge >= 0.3 is 0 Å². The molecule has 2 heterocycles. The summed E-state index contributed by atoms with van der Waals surface area (Å²) < 4.78 is 5.76. The number of anilines is 1. The lowest BCUT2D eigenvalue weighted by Gasteiger charge is -2.15. The smallest absolute Gasteiger partial charge is 0.282 e. The SMILES string of the molecule is Cc1ccc(N2NC(=O)C(=Cc3ccc(-c4ccccc4)o3)C2=O)cc1Cl. The second kappa shape index (κ2) is 6.78. The van der Waals surface area contributed by atoms with Gasteiger partial charge in [0.25, 0.3) is 11.8 Å². The monoisotopic (exact) mass is 378 g/mol. The van der Waals surface area contributed by atoms with Crippen molar-refractivity contribution in [1.29, 1.82) is 0 Å². The summed E-state index contributed by atoms with van der Waals surface area (Å²) in [5.41, 5.74) is 4.85. The van der Waals surface area contributed by atoms with Crippen molar-refractivity contribution in [3.8, 4) is 11.3 Å². The van der Waals surface area contributed by atoms with Gasteiger partial charge in [-0.2, -0.15) is 0 Å². The summed E-state index contributed by atoms with van der Waals surface area (Å²) in [4.78, 5) is 25.0. The Bertz CT molecular complexity index is 1070. The molecule has 1 N–H and O–H groups in total. The summed E-state index contributed by atoms with van der Waals surface area (Å²) in [5.74, 6) is 0.138. The molecule has 1 aliphatic heterocycles. The number of aryl methyl sites for hydroxylation is 1. The van der Waals surface area contributed by atoms with Crippen LogP contribution in [0.3, 0.4) is 0 Å². The zero-order valence-corrected chi connectivity index (χ0v) is 15.2. The van der Waals surface area contributed by atoms with Gasteiger partial charge in [0.1, 0.15) is 17.1 Å². The first kappa shape index (κ1) is 17.1. The van der Waals surface area contributed by atoms with E-state index >= 15 is 0 Å². The lowest BCUT2D eigenvalue weighted by Crippen LogP contribution is -2.35. The molecule has 134 valence electrons. The fourth-order valence-electron chi connectivity index (χ4n) is 2.79. The number of nitrogens with one attached hydrogen (secondary N) is 1. The maximum absolute atomic E-state index is 12.7. The number of carbonyl (C=O) groups is 2. The predicted molar refractivity (Wildman–Crippen MR) is 104 cm³/mol. The van der Waals surface area contributed by atoms with Crippen LogP contribution in [0.1, 0.15) is 11.3 Å². The van der Waals surface area contributed by atoms with Crippen molar-refractivity contribution in [2.75, 3.05) is 5.01 Å². The zero-order chi connectivity index (χ0) is 19.0. The minimum absolute atomic E-state index is 0.000610. The number of furan rings is 1. The Labute approximate surface area is 160 Å². The van der Waals surface area contributed by atoms with Gasteiger partial charge in [-0.25, -0.2) is 5.01 Å². The summed E-state index contributed by atoms with van der Waals surface area (Å²) in [7, 11) is 0. The average molecular weight is 379 g/mol. The molecule has 5 nitrogen and oxygen atoms in total. The van der Waals surface area contributed by atoms with Crippen LogP contribution in [-0.2, 0) is 9.59 Å². The van der Waals surface area contributed by atoms with Gasteiger partial charge in [0.2, 0.25) is 0 Å². The first-order chi connectivity index (χ1) is 13.0. The van der Waals surface area contributed by atoms with Crippen LogP contribution >= 0.6 is 11.6 Å². The number of carbonyl (C=O) groups excluding carboxylic acids is 2. The molecule has 0 spiro atoms. The molecule has 2 aromatic carbocycles. The Kier molecular flexibility index (Phi) is 4.30. The minimum atomic E-state index is -0.491. The van der Waals surface area contributed by atoms with E-state index < -0.39 is 11.8 Å². The topological polar surface area (TPSA) is 62.6 Å². The number of nitrogens with zero attached hydrogens (tertiary/aromatic N) is 1. The second-order valence-corrected chi connectivity index (χ2v) is 6.55. The number of amides is 2. The van der Waals surface area contributed by atoms with Crippen molar-refractivity contribution in [3.63, 3.8) is 0 Å². The molecule has 1 fully saturated rings. The van der Waals surface area contributed by atoms with Crippen molar-refractivity contribution >= 4 is 35.2 Å². The van der Waals surface area contributed by atoms with Gasteiger partial charge in [-0.3, -0.25) is 15.0 Å². The van der Waals surface area contributed by atoms with Crippen molar-refractivity contribution in [3.05, 3.63) is 82.6 Å². The third-order valence-corrected chi connectivity index (χ3v) is 4.68. The van der Waals surface area contributed by atoms with Crippen LogP contribution in [0.2, 0.25) is 5.02 Å². The van der Waals surface area contributed by atoms with E-state index in [-0.39, 0.29) is 5.57 Å². The minimum Gasteiger partial charge on any atom is -0.457 e. The number of hydrogen-bond acceptors (Lipinski definition) is 3. The van der Waals surface area contributed by atoms with Gasteiger partial charge in [0, 0.05) is 10.6 Å². The number of hydrazine groups is 1. The van der Waals surface area contributed by atoms with E-state index in [2.05, 4.69) is 5.43 Å². The lowest BCUT2D eigenvalue weighted by atomic mass is 10.2. The summed E-state index contributed by atoms with van der Waals surface area (Å²) in [6.07, 6.45) is 1.44. The third kappa shape index (κ3) is 3.25. The molecule has 1 saturated heterocycles. The molecule has 1 aliphatic rings. The molecule has 4 rings (SSSR count). The number of halogens is 1. The van der Waals surface area contributed by atoms with Crippen molar-refractivity contribution in [2.45, 2.75) is 6.92 Å². The summed E-state index contributed by atoms with van der Waals surface area (Å²) in [5, 5.41) is 1.70. The van der Waals surface area contributed by atoms with Gasteiger partial charge in [-0.05, 0) is 42.8 Å². The fourth-order valence-corrected chi connectivity index (χ4v) is 2.97. The average Bonchev–Trinajstić information content (AvgIpc) is 3.25. The van der Waals surface area contributed by atoms with E-state index in [4.69, 9.17) is 16.0 Å². The van der Waals surface area contributed by atoms with Crippen molar-refractivity contribution in [2.24, 2.45) is 0 Å². The molecular formula is C21H15ClN2O3. The van der Waals surface area contributed by atoms with Gasteiger partial charge in [-0.15, -0.1) is 0 Å². The van der Waals surface area contributed by atoms with E-state index in [1.165, 1.54) is 11.1 Å². The first-order valence-electron chi connectivity index (χ1n) is 8.31. The molecule has 0 unspecified atom stereocenters. The summed E-state index contributed by atoms with van der Waals surface area (Å²) >= 11 is 6.12. The van der Waals surface area contributed by atoms with Crippen LogP contribution in [0, 0.1) is 6.92 Å². The van der Waals surface area contributed by atoms with Gasteiger partial charge in [0.05, 0.1) is 5.69 Å². The highest BCUT2D eigenvalue weighted by molar-refractivity contribution is 6.33. The van der Waals surface area contributed by atoms with E-state index in [9.17, 15) is 9.59 Å². The lowest BCUT2D eigenvalue weighted by molar-refractivity contribution is -0.117. The maximum Gasteiger partial charge on any atom is 0.282 e. The highest BCUT2D eigenvalue weighted by Gasteiger charge is 2.35. The van der Waals surface area contributed by atoms with Crippen LogP contribution < -0.4 is 10.4 Å². The summed E-state index contributed by atoms with van der Waals surface area (Å²) in [6, 6.07) is 18.3. The Hall–Kier alpha value is -3.31. The normalized spacial score (nSPS) is 15.5. The van der Waals surface area contributed by atoms with Gasteiger partial charge < -0.3 is 4.42 Å². The molecule has 2 amide bonds. The highest BCUT2D eigenvalue weighted by atomic mass is 35.5. The molecule has 3 aromatic rings. The van der Waals surface area contributed by atoms with Crippen LogP contribution in [0.25, 0.3) is 17.4 Å². The number of rotatable bonds is 3. The van der Waals surface area contributed by atoms with Crippen LogP contribution in [0.5, 0.6) is 0 Å². The molecule has 27 heavy (non-hydrogen) atoms. The van der Waals surface area contributed by atoms with Gasteiger partial charge in [0.15, 0.2) is 0 Å². The second-order valence-electron chi connectivity index (χ2n) is 6.14. The van der Waals surface area contributed by atoms with Crippen molar-refractivity contribution in [1.82, 2.24) is 5.43 Å². The molecule has 1 aromatic heterocycles. The van der Waals surface area contributed by atoms with Crippen LogP contribution in [-0.4, -0.2) is 11.8 Å². The quantitative estimate of drug-likeness (QED) is 0.543. The van der Waals surface area contributed by atoms with Gasteiger partial charge in [-0.1, -0.05) is 48.0 Å². The molecule has 0 bridgehead atoms. The number of benzene rings is 2. The Morgan fingerprint density at radius 2 is 1.81 bits per heavy atom. The van der Waals surface area contributed by atoms with Crippen molar-refractivity contribution < 1.29 is 14.0 Å². The standard InChI is InChI=1S/C21H15ClN2O3/c1-13-7-8-15(11-18(13)22)24-21(26)17(20(25)23-24)12-16-9-10-19(27-16)14-5-3-2-4-6-14/h2-12H,1H3,(H,23,25). The Morgan fingerprint density at radius 3 is 2.56 bits per heavy atom. The molecular weight excluding hydrogens is 364 g/mol. The molecule has 0 saturated carbocycles. The van der Waals surface area contributed by atoms with E-state index in [1.54, 1.807) is 30.3 Å². The largest absolute Gasteiger partial charge is 0.457 e. The van der Waals surface area contributed by atoms with E-state index in [0.717, 1.165) is 11.1 Å². The van der Waals surface area contributed by atoms with E-state index in [0.29, 0.717) is 22.2 Å². The third-order valence-electron chi connectivity index (χ3n) is 4.28. The Balaban J connectivity index is 1.62. The fraction of sp³-hybridized carbons (Fsp3) is 0.0476. The zero-order valence-electron chi connectivity index (χ0n) is 14.4. The predicted octanol–water partition coefficient (Wildman–Crippen LogP) is 4.37.